The molecule has 2 N–H and O–H groups in total. The minimum atomic E-state index is -3.16. The normalized spacial score (nSPS) is 22.2. The Morgan fingerprint density at radius 3 is 2.77 bits per heavy atom. The molecule has 6 rings (SSSR count). The molecule has 7 heteroatoms. The first-order valence-electron chi connectivity index (χ1n) is 11.3. The summed E-state index contributed by atoms with van der Waals surface area (Å²) in [4.78, 5) is 7.85. The van der Waals surface area contributed by atoms with Gasteiger partial charge in [-0.25, -0.2) is 13.4 Å². The first kappa shape index (κ1) is 19.5. The molecule has 1 aliphatic carbocycles. The number of nitrogens with one attached hydrogen (secondary N) is 2. The highest BCUT2D eigenvalue weighted by Gasteiger charge is 2.41. The molecule has 1 saturated heterocycles. The Hall–Kier alpha value is -2.22. The minimum Gasteiger partial charge on any atom is -0.346 e. The molecule has 2 aromatic heterocycles. The third-order valence-electron chi connectivity index (χ3n) is 7.15. The summed E-state index contributed by atoms with van der Waals surface area (Å²) in [6.45, 7) is 4.21. The highest BCUT2D eigenvalue weighted by Crippen LogP contribution is 2.39. The van der Waals surface area contributed by atoms with E-state index in [2.05, 4.69) is 40.4 Å². The lowest BCUT2D eigenvalue weighted by molar-refractivity contribution is 0.387. The molecule has 0 radical (unpaired) electrons. The minimum absolute atomic E-state index is 0.149. The summed E-state index contributed by atoms with van der Waals surface area (Å²) in [5.74, 6) is 0. The van der Waals surface area contributed by atoms with E-state index in [9.17, 15) is 8.42 Å². The van der Waals surface area contributed by atoms with Crippen LogP contribution in [0.4, 0.5) is 0 Å². The number of aromatic amines is 1. The predicted molar refractivity (Wildman–Crippen MR) is 122 cm³/mol. The standard InChI is InChI=1S/C24H28N4O2S/c1-15-12-26-24-20(15)11-18(13-27-24)17-9-16-6-8-28(31(29,30)19-4-5-19)14-22(16)21(10-17)23-3-2-7-25-23/h9-13,19,23,25H,2-8,14H2,1H3,(H,26,27)/t23-/m0/s1. The van der Waals surface area contributed by atoms with Crippen molar-refractivity contribution < 1.29 is 8.42 Å². The Morgan fingerprint density at radius 2 is 2.00 bits per heavy atom. The highest BCUT2D eigenvalue weighted by atomic mass is 32.2. The molecule has 1 atom stereocenters. The van der Waals surface area contributed by atoms with Crippen LogP contribution < -0.4 is 5.32 Å². The Kier molecular flexibility index (Phi) is 4.49. The first-order valence-corrected chi connectivity index (χ1v) is 12.8. The van der Waals surface area contributed by atoms with Gasteiger partial charge >= 0.3 is 0 Å². The first-order chi connectivity index (χ1) is 15.0. The van der Waals surface area contributed by atoms with Crippen LogP contribution in [0.1, 0.15) is 54.0 Å². The van der Waals surface area contributed by atoms with Crippen LogP contribution in [-0.4, -0.2) is 41.0 Å². The van der Waals surface area contributed by atoms with E-state index < -0.39 is 10.0 Å². The van der Waals surface area contributed by atoms with Crippen molar-refractivity contribution in [3.63, 3.8) is 0 Å². The molecule has 31 heavy (non-hydrogen) atoms. The summed E-state index contributed by atoms with van der Waals surface area (Å²) in [6, 6.07) is 7.05. The maximum Gasteiger partial charge on any atom is 0.217 e. The molecule has 1 aromatic carbocycles. The number of pyridine rings is 1. The van der Waals surface area contributed by atoms with Gasteiger partial charge in [-0.1, -0.05) is 6.07 Å². The number of aryl methyl sites for hydroxylation is 1. The summed E-state index contributed by atoms with van der Waals surface area (Å²) in [5, 5.41) is 4.64. The Labute approximate surface area is 183 Å². The summed E-state index contributed by atoms with van der Waals surface area (Å²) >= 11 is 0. The van der Waals surface area contributed by atoms with Crippen LogP contribution >= 0.6 is 0 Å². The van der Waals surface area contributed by atoms with Crippen molar-refractivity contribution in [1.29, 1.82) is 0 Å². The third-order valence-corrected chi connectivity index (χ3v) is 9.50. The fourth-order valence-electron chi connectivity index (χ4n) is 5.19. The van der Waals surface area contributed by atoms with Crippen LogP contribution in [0.15, 0.2) is 30.6 Å². The average Bonchev–Trinajstić information content (AvgIpc) is 3.40. The molecule has 162 valence electrons. The van der Waals surface area contributed by atoms with Crippen molar-refractivity contribution in [1.82, 2.24) is 19.6 Å². The molecule has 1 saturated carbocycles. The summed E-state index contributed by atoms with van der Waals surface area (Å²) in [6.07, 6.45) is 8.60. The van der Waals surface area contributed by atoms with E-state index in [1.54, 1.807) is 4.31 Å². The van der Waals surface area contributed by atoms with E-state index >= 15 is 0 Å². The Morgan fingerprint density at radius 1 is 1.13 bits per heavy atom. The van der Waals surface area contributed by atoms with Gasteiger partial charge in [-0.15, -0.1) is 0 Å². The number of hydrogen-bond acceptors (Lipinski definition) is 4. The molecule has 4 heterocycles. The second kappa shape index (κ2) is 7.15. The van der Waals surface area contributed by atoms with E-state index in [1.807, 2.05) is 12.4 Å². The fourth-order valence-corrected chi connectivity index (χ4v) is 7.00. The van der Waals surface area contributed by atoms with Crippen LogP contribution in [-0.2, 0) is 23.0 Å². The summed E-state index contributed by atoms with van der Waals surface area (Å²) in [5.41, 5.74) is 8.17. The molecule has 0 amide bonds. The van der Waals surface area contributed by atoms with Gasteiger partial charge in [0.05, 0.1) is 5.25 Å². The summed E-state index contributed by atoms with van der Waals surface area (Å²) < 4.78 is 27.6. The molecule has 3 aliphatic rings. The number of aromatic nitrogens is 2. The monoisotopic (exact) mass is 436 g/mol. The van der Waals surface area contributed by atoms with Gasteiger partial charge in [-0.2, -0.15) is 4.31 Å². The van der Waals surface area contributed by atoms with Gasteiger partial charge in [0.25, 0.3) is 0 Å². The molecule has 0 spiro atoms. The maximum absolute atomic E-state index is 12.9. The number of hydrogen-bond donors (Lipinski definition) is 2. The van der Waals surface area contributed by atoms with Crippen molar-refractivity contribution in [2.24, 2.45) is 0 Å². The van der Waals surface area contributed by atoms with Crippen molar-refractivity contribution in [3.05, 3.63) is 52.8 Å². The van der Waals surface area contributed by atoms with E-state index in [-0.39, 0.29) is 5.25 Å². The van der Waals surface area contributed by atoms with Crippen LogP contribution in [0.2, 0.25) is 0 Å². The van der Waals surface area contributed by atoms with E-state index in [0.717, 1.165) is 55.2 Å². The Balaban J connectivity index is 1.45. The van der Waals surface area contributed by atoms with Gasteiger partial charge in [0.2, 0.25) is 10.0 Å². The van der Waals surface area contributed by atoms with Crippen molar-refractivity contribution in [2.45, 2.75) is 56.9 Å². The number of benzene rings is 1. The van der Waals surface area contributed by atoms with Gasteiger partial charge in [0, 0.05) is 42.5 Å². The highest BCUT2D eigenvalue weighted by molar-refractivity contribution is 7.90. The molecule has 3 aromatic rings. The lowest BCUT2D eigenvalue weighted by Crippen LogP contribution is -2.38. The second-order valence-corrected chi connectivity index (χ2v) is 11.5. The second-order valence-electron chi connectivity index (χ2n) is 9.27. The Bertz CT molecular complexity index is 1270. The molecular formula is C24H28N4O2S. The molecule has 0 bridgehead atoms. The van der Waals surface area contributed by atoms with Crippen LogP contribution in [0, 0.1) is 6.92 Å². The van der Waals surface area contributed by atoms with Crippen molar-refractivity contribution in [2.75, 3.05) is 13.1 Å². The number of fused-ring (bicyclic) bond motifs is 2. The molecule has 0 unspecified atom stereocenters. The van der Waals surface area contributed by atoms with Gasteiger partial charge in [0.15, 0.2) is 0 Å². The van der Waals surface area contributed by atoms with Gasteiger partial charge in [-0.3, -0.25) is 0 Å². The zero-order chi connectivity index (χ0) is 21.2. The molecule has 2 fully saturated rings. The molecule has 6 nitrogen and oxygen atoms in total. The van der Waals surface area contributed by atoms with Crippen LogP contribution in [0.3, 0.4) is 0 Å². The van der Waals surface area contributed by atoms with Gasteiger partial charge in [-0.05, 0) is 85.5 Å². The number of rotatable bonds is 4. The van der Waals surface area contributed by atoms with Crippen molar-refractivity contribution >= 4 is 21.1 Å². The SMILES string of the molecule is Cc1c[nH]c2ncc(-c3cc4c(c([C@@H]5CCCN5)c3)CN(S(=O)(=O)C3CC3)CC4)cc12. The third kappa shape index (κ3) is 3.30. The van der Waals surface area contributed by atoms with Crippen molar-refractivity contribution in [3.8, 4) is 11.1 Å². The van der Waals surface area contributed by atoms with Gasteiger partial charge in [0.1, 0.15) is 5.65 Å². The van der Waals surface area contributed by atoms with E-state index in [0.29, 0.717) is 19.1 Å². The average molecular weight is 437 g/mol. The van der Waals surface area contributed by atoms with Crippen LogP contribution in [0.5, 0.6) is 0 Å². The quantitative estimate of drug-likeness (QED) is 0.652. The maximum atomic E-state index is 12.9. The van der Waals surface area contributed by atoms with E-state index in [1.165, 1.54) is 27.8 Å². The smallest absolute Gasteiger partial charge is 0.217 e. The topological polar surface area (TPSA) is 78.1 Å². The fraction of sp³-hybridized carbons (Fsp3) is 0.458. The predicted octanol–water partition coefficient (Wildman–Crippen LogP) is 3.81. The molecular weight excluding hydrogens is 408 g/mol. The number of nitrogens with zero attached hydrogens (tertiary/aromatic N) is 2. The van der Waals surface area contributed by atoms with Gasteiger partial charge < -0.3 is 10.3 Å². The van der Waals surface area contributed by atoms with Crippen LogP contribution in [0.25, 0.3) is 22.2 Å². The largest absolute Gasteiger partial charge is 0.346 e. The lowest BCUT2D eigenvalue weighted by Gasteiger charge is -2.31. The number of H-pyrrole nitrogens is 1. The number of sulfonamides is 1. The zero-order valence-electron chi connectivity index (χ0n) is 17.8. The van der Waals surface area contributed by atoms with E-state index in [4.69, 9.17) is 0 Å². The lowest BCUT2D eigenvalue weighted by atomic mass is 9.87. The molecule has 2 aliphatic heterocycles. The zero-order valence-corrected chi connectivity index (χ0v) is 18.6. The summed E-state index contributed by atoms with van der Waals surface area (Å²) in [7, 11) is -3.16.